The maximum atomic E-state index is 13.8. The van der Waals surface area contributed by atoms with Gasteiger partial charge >= 0.3 is 0 Å². The van der Waals surface area contributed by atoms with E-state index in [9.17, 15) is 19.5 Å². The lowest BCUT2D eigenvalue weighted by molar-refractivity contribution is -0.199. The van der Waals surface area contributed by atoms with Gasteiger partial charge in [-0.3, -0.25) is 19.4 Å². The Labute approximate surface area is 206 Å². The number of carbonyl (C=O) groups excluding carboxylic acids is 3. The fraction of sp³-hybridized carbons (Fsp3) is 0.370. The van der Waals surface area contributed by atoms with E-state index in [4.69, 9.17) is 0 Å². The number of rotatable bonds is 8. The number of fused-ring (bicyclic) bond motifs is 1. The average Bonchev–Trinajstić information content (AvgIpc) is 2.84. The standard InChI is InChI=1S/C27H32N4O4/c1-3-6-20-7-5-8-22(14-20)16-28-17-25-30(19-32)29(13-4-2)18-26(34)31(25)24(27(28)35)15-21-9-11-23(33)12-10-21/h3,5-12,19,24-25,33H,1,4,13-18H2,2H3/b20-6-/t24-,25?/m0/s1. The van der Waals surface area contributed by atoms with E-state index in [2.05, 4.69) is 6.58 Å². The van der Waals surface area contributed by atoms with Gasteiger partial charge in [-0.2, -0.15) is 0 Å². The quantitative estimate of drug-likeness (QED) is 0.583. The molecule has 1 aromatic rings. The summed E-state index contributed by atoms with van der Waals surface area (Å²) in [5.41, 5.74) is 3.02. The van der Waals surface area contributed by atoms with Crippen molar-refractivity contribution >= 4 is 18.2 Å². The van der Waals surface area contributed by atoms with Gasteiger partial charge in [0.25, 0.3) is 0 Å². The summed E-state index contributed by atoms with van der Waals surface area (Å²) in [5.74, 6) is -0.156. The third-order valence-electron chi connectivity index (χ3n) is 6.63. The first-order chi connectivity index (χ1) is 16.9. The lowest BCUT2D eigenvalue weighted by Crippen LogP contribution is -2.75. The normalized spacial score (nSPS) is 24.0. The Bertz CT molecular complexity index is 1080. The van der Waals surface area contributed by atoms with Crippen molar-refractivity contribution in [3.05, 3.63) is 77.9 Å². The van der Waals surface area contributed by atoms with Gasteiger partial charge in [-0.15, -0.1) is 0 Å². The van der Waals surface area contributed by atoms with Crippen molar-refractivity contribution in [3.8, 4) is 5.75 Å². The van der Waals surface area contributed by atoms with Crippen LogP contribution in [0, 0.1) is 0 Å². The van der Waals surface area contributed by atoms with E-state index in [0.717, 1.165) is 29.5 Å². The highest BCUT2D eigenvalue weighted by molar-refractivity contribution is 5.91. The van der Waals surface area contributed by atoms with Crippen LogP contribution in [-0.4, -0.2) is 81.5 Å². The van der Waals surface area contributed by atoms with Crippen LogP contribution in [-0.2, 0) is 20.8 Å². The van der Waals surface area contributed by atoms with Gasteiger partial charge in [0.1, 0.15) is 18.0 Å². The number of phenolic OH excluding ortho intramolecular Hbond substituents is 1. The highest BCUT2D eigenvalue weighted by Gasteiger charge is 2.49. The molecule has 0 bridgehead atoms. The number of allylic oxidation sites excluding steroid dienone is 6. The number of carbonyl (C=O) groups is 3. The van der Waals surface area contributed by atoms with Crippen LogP contribution in [0.4, 0.5) is 0 Å². The van der Waals surface area contributed by atoms with Crippen LogP contribution in [0.1, 0.15) is 25.3 Å². The fourth-order valence-corrected chi connectivity index (χ4v) is 5.05. The van der Waals surface area contributed by atoms with Crippen molar-refractivity contribution in [2.75, 3.05) is 26.2 Å². The number of hydrogen-bond acceptors (Lipinski definition) is 5. The van der Waals surface area contributed by atoms with Gasteiger partial charge in [-0.25, -0.2) is 5.01 Å². The lowest BCUT2D eigenvalue weighted by atomic mass is 9.96. The highest BCUT2D eigenvalue weighted by atomic mass is 16.3. The lowest BCUT2D eigenvalue weighted by Gasteiger charge is -2.54. The molecule has 3 amide bonds. The molecule has 184 valence electrons. The first kappa shape index (κ1) is 24.5. The summed E-state index contributed by atoms with van der Waals surface area (Å²) < 4.78 is 0. The summed E-state index contributed by atoms with van der Waals surface area (Å²) in [6.07, 6.45) is 11.7. The zero-order valence-electron chi connectivity index (χ0n) is 20.0. The van der Waals surface area contributed by atoms with Crippen molar-refractivity contribution < 1.29 is 19.5 Å². The summed E-state index contributed by atoms with van der Waals surface area (Å²) in [6, 6.07) is 5.92. The van der Waals surface area contributed by atoms with Crippen molar-refractivity contribution in [3.63, 3.8) is 0 Å². The third-order valence-corrected chi connectivity index (χ3v) is 6.63. The van der Waals surface area contributed by atoms with Crippen molar-refractivity contribution in [1.82, 2.24) is 19.8 Å². The molecule has 35 heavy (non-hydrogen) atoms. The molecule has 8 nitrogen and oxygen atoms in total. The van der Waals surface area contributed by atoms with Crippen LogP contribution in [0.5, 0.6) is 5.75 Å². The maximum absolute atomic E-state index is 13.8. The average molecular weight is 477 g/mol. The molecule has 0 spiro atoms. The van der Waals surface area contributed by atoms with E-state index in [1.165, 1.54) is 0 Å². The van der Waals surface area contributed by atoms with E-state index in [1.807, 2.05) is 31.2 Å². The number of piperazine rings is 1. The van der Waals surface area contributed by atoms with Crippen molar-refractivity contribution in [2.24, 2.45) is 0 Å². The minimum Gasteiger partial charge on any atom is -0.508 e. The Hall–Kier alpha value is -3.65. The van der Waals surface area contributed by atoms with Crippen LogP contribution >= 0.6 is 0 Å². The molecule has 2 aliphatic heterocycles. The molecule has 2 saturated heterocycles. The molecule has 1 unspecified atom stereocenters. The van der Waals surface area contributed by atoms with Gasteiger partial charge < -0.3 is 14.9 Å². The molecule has 1 aliphatic carbocycles. The number of nitrogens with zero attached hydrogens (tertiary/aromatic N) is 4. The smallest absolute Gasteiger partial charge is 0.246 e. The van der Waals surface area contributed by atoms with E-state index in [-0.39, 0.29) is 30.7 Å². The summed E-state index contributed by atoms with van der Waals surface area (Å²) in [5, 5.41) is 13.0. The van der Waals surface area contributed by atoms with Gasteiger partial charge in [0.05, 0.1) is 13.1 Å². The number of aromatic hydroxyl groups is 1. The molecule has 2 atom stereocenters. The number of benzene rings is 1. The van der Waals surface area contributed by atoms with Crippen LogP contribution in [0.2, 0.25) is 0 Å². The number of amides is 3. The summed E-state index contributed by atoms with van der Waals surface area (Å²) in [7, 11) is 0. The topological polar surface area (TPSA) is 84.4 Å². The Morgan fingerprint density at radius 3 is 2.66 bits per heavy atom. The summed E-state index contributed by atoms with van der Waals surface area (Å²) in [6.45, 7) is 7.08. The molecule has 0 radical (unpaired) electrons. The fourth-order valence-electron chi connectivity index (χ4n) is 5.05. The second kappa shape index (κ2) is 10.7. The number of hydrazine groups is 1. The predicted octanol–water partition coefficient (Wildman–Crippen LogP) is 2.40. The molecular formula is C27H32N4O4. The van der Waals surface area contributed by atoms with Gasteiger partial charge in [0.15, 0.2) is 0 Å². The molecule has 4 rings (SSSR count). The number of phenols is 1. The largest absolute Gasteiger partial charge is 0.508 e. The van der Waals surface area contributed by atoms with Crippen LogP contribution in [0.25, 0.3) is 0 Å². The monoisotopic (exact) mass is 476 g/mol. The molecule has 2 heterocycles. The third kappa shape index (κ3) is 5.22. The molecule has 3 aliphatic rings. The zero-order chi connectivity index (χ0) is 24.9. The van der Waals surface area contributed by atoms with Gasteiger partial charge in [-0.1, -0.05) is 56.0 Å². The molecule has 8 heteroatoms. The van der Waals surface area contributed by atoms with Gasteiger partial charge in [-0.05, 0) is 41.7 Å². The second-order valence-electron chi connectivity index (χ2n) is 9.10. The predicted molar refractivity (Wildman–Crippen MR) is 133 cm³/mol. The van der Waals surface area contributed by atoms with E-state index in [1.54, 1.807) is 50.2 Å². The molecule has 0 saturated carbocycles. The maximum Gasteiger partial charge on any atom is 0.246 e. The minimum atomic E-state index is -0.736. The summed E-state index contributed by atoms with van der Waals surface area (Å²) in [4.78, 5) is 42.6. The Morgan fingerprint density at radius 2 is 1.97 bits per heavy atom. The SMILES string of the molecule is C=C/C=C1/C=CC=C(CN2CC3N(C(=O)CN(CCC)N3C=O)[C@@H](Cc3ccc(O)cc3)C2=O)C1. The first-order valence-electron chi connectivity index (χ1n) is 12.0. The number of hydrogen-bond donors (Lipinski definition) is 1. The molecule has 2 fully saturated rings. The van der Waals surface area contributed by atoms with E-state index in [0.29, 0.717) is 25.9 Å². The zero-order valence-corrected chi connectivity index (χ0v) is 20.0. The summed E-state index contributed by atoms with van der Waals surface area (Å²) >= 11 is 0. The highest BCUT2D eigenvalue weighted by Crippen LogP contribution is 2.29. The molecule has 0 aromatic heterocycles. The molecular weight excluding hydrogens is 444 g/mol. The van der Waals surface area contributed by atoms with Crippen LogP contribution in [0.15, 0.2) is 72.4 Å². The van der Waals surface area contributed by atoms with E-state index >= 15 is 0 Å². The van der Waals surface area contributed by atoms with Crippen molar-refractivity contribution in [1.29, 1.82) is 0 Å². The van der Waals surface area contributed by atoms with Gasteiger partial charge in [0, 0.05) is 19.5 Å². The van der Waals surface area contributed by atoms with Crippen LogP contribution < -0.4 is 0 Å². The second-order valence-corrected chi connectivity index (χ2v) is 9.10. The molecule has 1 N–H and O–H groups in total. The van der Waals surface area contributed by atoms with E-state index < -0.39 is 12.2 Å². The van der Waals surface area contributed by atoms with Gasteiger partial charge in [0.2, 0.25) is 18.2 Å². The Morgan fingerprint density at radius 1 is 1.20 bits per heavy atom. The Kier molecular flexibility index (Phi) is 7.51. The first-order valence-corrected chi connectivity index (χ1v) is 12.0. The Balaban J connectivity index is 1.65. The van der Waals surface area contributed by atoms with Crippen LogP contribution in [0.3, 0.4) is 0 Å². The minimum absolute atomic E-state index is 0.0636. The molecule has 1 aromatic carbocycles. The van der Waals surface area contributed by atoms with Crippen molar-refractivity contribution in [2.45, 2.75) is 38.4 Å².